The average molecular weight is 275 g/mol. The Morgan fingerprint density at radius 1 is 1.15 bits per heavy atom. The maximum Gasteiger partial charge on any atom is 0.251 e. The molecule has 1 aliphatic carbocycles. The lowest BCUT2D eigenvalue weighted by molar-refractivity contribution is 0.0880. The topological polar surface area (TPSA) is 47.6 Å². The molecule has 2 aliphatic rings. The Hall–Kier alpha value is -1.71. The molecule has 1 aromatic carbocycles. The van der Waals surface area contributed by atoms with Gasteiger partial charge in [-0.2, -0.15) is 0 Å². The molecule has 108 valence electrons. The molecule has 20 heavy (non-hydrogen) atoms. The number of carbonyl (C=O) groups excluding carboxylic acids is 1. The Bertz CT molecular complexity index is 504. The summed E-state index contributed by atoms with van der Waals surface area (Å²) in [5, 5.41) is 3.19. The number of benzene rings is 1. The van der Waals surface area contributed by atoms with Gasteiger partial charge in [-0.15, -0.1) is 0 Å². The summed E-state index contributed by atoms with van der Waals surface area (Å²) in [6.45, 7) is 4.68. The molecule has 1 aromatic rings. The van der Waals surface area contributed by atoms with Crippen LogP contribution in [0.15, 0.2) is 18.2 Å². The quantitative estimate of drug-likeness (QED) is 0.902. The molecule has 0 saturated heterocycles. The molecule has 1 aliphatic heterocycles. The summed E-state index contributed by atoms with van der Waals surface area (Å²) in [7, 11) is 0. The normalized spacial score (nSPS) is 25.5. The Kier molecular flexibility index (Phi) is 3.55. The second-order valence-corrected chi connectivity index (χ2v) is 5.95. The van der Waals surface area contributed by atoms with Crippen molar-refractivity contribution >= 4 is 5.91 Å². The lowest BCUT2D eigenvalue weighted by atomic mass is 9.78. The van der Waals surface area contributed by atoms with Crippen LogP contribution >= 0.6 is 0 Å². The maximum atomic E-state index is 12.4. The third-order valence-electron chi connectivity index (χ3n) is 4.48. The predicted molar refractivity (Wildman–Crippen MR) is 76.0 cm³/mol. The summed E-state index contributed by atoms with van der Waals surface area (Å²) < 4.78 is 10.6. The number of amides is 1. The van der Waals surface area contributed by atoms with Crippen molar-refractivity contribution in [3.63, 3.8) is 0 Å². The molecule has 0 unspecified atom stereocenters. The van der Waals surface area contributed by atoms with Gasteiger partial charge in [0.1, 0.15) is 0 Å². The number of fused-ring (bicyclic) bond motifs is 1. The largest absolute Gasteiger partial charge is 0.454 e. The highest BCUT2D eigenvalue weighted by molar-refractivity contribution is 5.95. The standard InChI is InChI=1S/C16H21NO3/c1-10-4-3-5-11(2)15(10)17-16(18)12-6-7-13-14(8-12)20-9-19-13/h6-8,10-11,15H,3-5,9H2,1-2H3,(H,17,18)/t10-,11-/m0/s1. The molecule has 2 atom stereocenters. The molecule has 1 amide bonds. The summed E-state index contributed by atoms with van der Waals surface area (Å²) in [4.78, 5) is 12.4. The second kappa shape index (κ2) is 5.35. The number of ether oxygens (including phenoxy) is 2. The van der Waals surface area contributed by atoms with E-state index in [4.69, 9.17) is 9.47 Å². The van der Waals surface area contributed by atoms with Gasteiger partial charge < -0.3 is 14.8 Å². The third kappa shape index (κ3) is 2.47. The summed E-state index contributed by atoms with van der Waals surface area (Å²) in [6, 6.07) is 5.61. The first-order valence-corrected chi connectivity index (χ1v) is 7.35. The fourth-order valence-corrected chi connectivity index (χ4v) is 3.24. The minimum Gasteiger partial charge on any atom is -0.454 e. The van der Waals surface area contributed by atoms with Crippen molar-refractivity contribution in [2.24, 2.45) is 11.8 Å². The SMILES string of the molecule is C[C@H]1CCC[C@H](C)C1NC(=O)c1ccc2c(c1)OCO2. The molecule has 4 nitrogen and oxygen atoms in total. The zero-order valence-electron chi connectivity index (χ0n) is 12.0. The predicted octanol–water partition coefficient (Wildman–Crippen LogP) is 2.97. The van der Waals surface area contributed by atoms with E-state index in [0.29, 0.717) is 28.9 Å². The summed E-state index contributed by atoms with van der Waals surface area (Å²) >= 11 is 0. The van der Waals surface area contributed by atoms with Crippen molar-refractivity contribution in [2.45, 2.75) is 39.2 Å². The van der Waals surface area contributed by atoms with E-state index in [1.165, 1.54) is 19.3 Å². The summed E-state index contributed by atoms with van der Waals surface area (Å²) in [5.74, 6) is 2.42. The molecule has 4 heteroatoms. The lowest BCUT2D eigenvalue weighted by Crippen LogP contribution is -2.45. The minimum atomic E-state index is -0.0195. The van der Waals surface area contributed by atoms with Gasteiger partial charge in [-0.05, 0) is 42.9 Å². The van der Waals surface area contributed by atoms with E-state index in [2.05, 4.69) is 19.2 Å². The van der Waals surface area contributed by atoms with Gasteiger partial charge in [-0.25, -0.2) is 0 Å². The van der Waals surface area contributed by atoms with Crippen LogP contribution in [-0.4, -0.2) is 18.7 Å². The van der Waals surface area contributed by atoms with E-state index in [1.807, 2.05) is 0 Å². The first-order valence-electron chi connectivity index (χ1n) is 7.35. The Morgan fingerprint density at radius 3 is 2.60 bits per heavy atom. The maximum absolute atomic E-state index is 12.4. The lowest BCUT2D eigenvalue weighted by Gasteiger charge is -2.35. The van der Waals surface area contributed by atoms with Crippen LogP contribution in [0.5, 0.6) is 11.5 Å². The number of hydrogen-bond acceptors (Lipinski definition) is 3. The van der Waals surface area contributed by atoms with Gasteiger partial charge in [0.15, 0.2) is 11.5 Å². The van der Waals surface area contributed by atoms with Crippen LogP contribution in [0.25, 0.3) is 0 Å². The van der Waals surface area contributed by atoms with Crippen LogP contribution in [-0.2, 0) is 0 Å². The number of hydrogen-bond donors (Lipinski definition) is 1. The fraction of sp³-hybridized carbons (Fsp3) is 0.562. The molecule has 1 heterocycles. The van der Waals surface area contributed by atoms with Crippen molar-refractivity contribution in [1.29, 1.82) is 0 Å². The molecular formula is C16H21NO3. The van der Waals surface area contributed by atoms with Crippen LogP contribution < -0.4 is 14.8 Å². The first kappa shape index (κ1) is 13.3. The van der Waals surface area contributed by atoms with Crippen LogP contribution in [0.2, 0.25) is 0 Å². The number of rotatable bonds is 2. The average Bonchev–Trinajstić information content (AvgIpc) is 2.90. The van der Waals surface area contributed by atoms with Gasteiger partial charge in [0.2, 0.25) is 6.79 Å². The van der Waals surface area contributed by atoms with Gasteiger partial charge in [0.05, 0.1) is 0 Å². The van der Waals surface area contributed by atoms with E-state index in [9.17, 15) is 4.79 Å². The van der Waals surface area contributed by atoms with Gasteiger partial charge in [-0.3, -0.25) is 4.79 Å². The van der Waals surface area contributed by atoms with E-state index in [1.54, 1.807) is 18.2 Å². The highest BCUT2D eigenvalue weighted by Gasteiger charge is 2.29. The fourth-order valence-electron chi connectivity index (χ4n) is 3.24. The Morgan fingerprint density at radius 2 is 1.85 bits per heavy atom. The Labute approximate surface area is 119 Å². The molecule has 1 saturated carbocycles. The molecule has 0 spiro atoms. The van der Waals surface area contributed by atoms with E-state index < -0.39 is 0 Å². The van der Waals surface area contributed by atoms with Gasteiger partial charge in [0, 0.05) is 11.6 Å². The molecule has 3 rings (SSSR count). The third-order valence-corrected chi connectivity index (χ3v) is 4.48. The molecule has 0 bridgehead atoms. The van der Waals surface area contributed by atoms with E-state index >= 15 is 0 Å². The summed E-state index contributed by atoms with van der Waals surface area (Å²) in [6.07, 6.45) is 3.64. The molecular weight excluding hydrogens is 254 g/mol. The van der Waals surface area contributed by atoms with Crippen molar-refractivity contribution in [3.05, 3.63) is 23.8 Å². The second-order valence-electron chi connectivity index (χ2n) is 5.95. The monoisotopic (exact) mass is 275 g/mol. The minimum absolute atomic E-state index is 0.0195. The zero-order chi connectivity index (χ0) is 14.1. The highest BCUT2D eigenvalue weighted by Crippen LogP contribution is 2.33. The van der Waals surface area contributed by atoms with Crippen LogP contribution in [0.1, 0.15) is 43.5 Å². The smallest absolute Gasteiger partial charge is 0.251 e. The van der Waals surface area contributed by atoms with Crippen molar-refractivity contribution in [3.8, 4) is 11.5 Å². The van der Waals surface area contributed by atoms with Crippen LogP contribution in [0.4, 0.5) is 0 Å². The molecule has 0 aromatic heterocycles. The van der Waals surface area contributed by atoms with Crippen LogP contribution in [0.3, 0.4) is 0 Å². The number of carbonyl (C=O) groups is 1. The van der Waals surface area contributed by atoms with Crippen molar-refractivity contribution in [2.75, 3.05) is 6.79 Å². The van der Waals surface area contributed by atoms with Gasteiger partial charge >= 0.3 is 0 Å². The van der Waals surface area contributed by atoms with Crippen LogP contribution in [0, 0.1) is 11.8 Å². The highest BCUT2D eigenvalue weighted by atomic mass is 16.7. The van der Waals surface area contributed by atoms with Crippen molar-refractivity contribution < 1.29 is 14.3 Å². The molecule has 0 radical (unpaired) electrons. The van der Waals surface area contributed by atoms with Crippen molar-refractivity contribution in [1.82, 2.24) is 5.32 Å². The Balaban J connectivity index is 1.72. The summed E-state index contributed by atoms with van der Waals surface area (Å²) in [5.41, 5.74) is 0.638. The van der Waals surface area contributed by atoms with E-state index in [-0.39, 0.29) is 18.7 Å². The molecule has 1 N–H and O–H groups in total. The zero-order valence-corrected chi connectivity index (χ0v) is 12.0. The van der Waals surface area contributed by atoms with Gasteiger partial charge in [-0.1, -0.05) is 20.3 Å². The first-order chi connectivity index (χ1) is 9.65. The van der Waals surface area contributed by atoms with Gasteiger partial charge in [0.25, 0.3) is 5.91 Å². The number of nitrogens with one attached hydrogen (secondary N) is 1. The molecule has 1 fully saturated rings. The van der Waals surface area contributed by atoms with E-state index in [0.717, 1.165) is 0 Å².